The van der Waals surface area contributed by atoms with Crippen LogP contribution in [0.1, 0.15) is 39.9 Å². The number of hydrogen-bond acceptors (Lipinski definition) is 5. The maximum Gasteiger partial charge on any atom is 0.338 e. The molecule has 162 valence electrons. The Hall–Kier alpha value is -2.87. The van der Waals surface area contributed by atoms with Gasteiger partial charge in [0.15, 0.2) is 0 Å². The highest BCUT2D eigenvalue weighted by molar-refractivity contribution is 7.92. The van der Waals surface area contributed by atoms with Crippen molar-refractivity contribution in [1.82, 2.24) is 0 Å². The number of nitrogens with zero attached hydrogens (tertiary/aromatic N) is 1. The first-order chi connectivity index (χ1) is 14.0. The van der Waals surface area contributed by atoms with E-state index in [9.17, 15) is 18.0 Å². The Bertz CT molecular complexity index is 1030. The molecule has 0 saturated carbocycles. The normalized spacial score (nSPS) is 11.1. The number of benzene rings is 2. The van der Waals surface area contributed by atoms with Crippen molar-refractivity contribution in [1.29, 1.82) is 0 Å². The van der Waals surface area contributed by atoms with E-state index in [0.29, 0.717) is 28.9 Å². The van der Waals surface area contributed by atoms with Gasteiger partial charge in [-0.15, -0.1) is 0 Å². The number of anilines is 2. The van der Waals surface area contributed by atoms with Gasteiger partial charge in [0.2, 0.25) is 15.9 Å². The van der Waals surface area contributed by atoms with Gasteiger partial charge >= 0.3 is 5.97 Å². The molecule has 0 heterocycles. The Labute approximate surface area is 178 Å². The third-order valence-corrected chi connectivity index (χ3v) is 5.87. The Kier molecular flexibility index (Phi) is 7.61. The van der Waals surface area contributed by atoms with Gasteiger partial charge in [0.25, 0.3) is 0 Å². The highest BCUT2D eigenvalue weighted by atomic mass is 32.2. The van der Waals surface area contributed by atoms with Crippen molar-refractivity contribution < 1.29 is 22.7 Å². The summed E-state index contributed by atoms with van der Waals surface area (Å²) in [4.78, 5) is 24.2. The number of methoxy groups -OCH3 is 1. The van der Waals surface area contributed by atoms with E-state index < -0.39 is 16.0 Å². The molecule has 0 atom stereocenters. The van der Waals surface area contributed by atoms with Crippen LogP contribution in [0.2, 0.25) is 0 Å². The topological polar surface area (TPSA) is 92.8 Å². The summed E-state index contributed by atoms with van der Waals surface area (Å²) in [7, 11) is -2.18. The largest absolute Gasteiger partial charge is 0.465 e. The van der Waals surface area contributed by atoms with Crippen LogP contribution in [-0.4, -0.2) is 40.2 Å². The lowest BCUT2D eigenvalue weighted by Crippen LogP contribution is -2.31. The van der Waals surface area contributed by atoms with E-state index in [2.05, 4.69) is 5.32 Å². The summed E-state index contributed by atoms with van der Waals surface area (Å²) >= 11 is 0. The minimum absolute atomic E-state index is 0.138. The van der Waals surface area contributed by atoms with Crippen molar-refractivity contribution in [3.63, 3.8) is 0 Å². The Balaban J connectivity index is 2.06. The van der Waals surface area contributed by atoms with E-state index in [1.54, 1.807) is 25.1 Å². The van der Waals surface area contributed by atoms with Gasteiger partial charge in [-0.05, 0) is 68.1 Å². The first-order valence-electron chi connectivity index (χ1n) is 9.56. The van der Waals surface area contributed by atoms with E-state index >= 15 is 0 Å². The Morgan fingerprint density at radius 1 is 1.07 bits per heavy atom. The lowest BCUT2D eigenvalue weighted by atomic mass is 10.1. The Morgan fingerprint density at radius 2 is 1.70 bits per heavy atom. The van der Waals surface area contributed by atoms with E-state index in [0.717, 1.165) is 17.4 Å². The number of esters is 1. The van der Waals surface area contributed by atoms with Crippen LogP contribution in [-0.2, 0) is 19.6 Å². The number of nitrogens with one attached hydrogen (secondary N) is 1. The van der Waals surface area contributed by atoms with Gasteiger partial charge in [-0.25, -0.2) is 13.2 Å². The molecule has 8 heteroatoms. The second-order valence-electron chi connectivity index (χ2n) is 7.30. The summed E-state index contributed by atoms with van der Waals surface area (Å²) in [6, 6.07) is 10.6. The number of amides is 1. The van der Waals surface area contributed by atoms with E-state index in [4.69, 9.17) is 4.74 Å². The van der Waals surface area contributed by atoms with Crippen molar-refractivity contribution in [2.75, 3.05) is 29.5 Å². The molecule has 2 rings (SSSR count). The highest BCUT2D eigenvalue weighted by Crippen LogP contribution is 2.23. The predicted octanol–water partition coefficient (Wildman–Crippen LogP) is 3.58. The van der Waals surface area contributed by atoms with Crippen LogP contribution in [0, 0.1) is 20.8 Å². The summed E-state index contributed by atoms with van der Waals surface area (Å²) in [5, 5.41) is 2.79. The molecule has 0 saturated heterocycles. The first-order valence-corrected chi connectivity index (χ1v) is 11.4. The molecule has 0 aliphatic rings. The van der Waals surface area contributed by atoms with Crippen molar-refractivity contribution in [3.8, 4) is 0 Å². The van der Waals surface area contributed by atoms with Crippen LogP contribution < -0.4 is 9.62 Å². The van der Waals surface area contributed by atoms with Gasteiger partial charge in [0.1, 0.15) is 0 Å². The summed E-state index contributed by atoms with van der Waals surface area (Å²) in [5.41, 5.74) is 4.06. The monoisotopic (exact) mass is 432 g/mol. The lowest BCUT2D eigenvalue weighted by Gasteiger charge is -2.23. The Morgan fingerprint density at radius 3 is 2.27 bits per heavy atom. The van der Waals surface area contributed by atoms with Crippen LogP contribution in [0.3, 0.4) is 0 Å². The smallest absolute Gasteiger partial charge is 0.338 e. The summed E-state index contributed by atoms with van der Waals surface area (Å²) in [6.45, 7) is 5.74. The molecule has 1 N–H and O–H groups in total. The molecule has 1 amide bonds. The fourth-order valence-corrected chi connectivity index (χ4v) is 4.23. The van der Waals surface area contributed by atoms with Crippen LogP contribution in [0.5, 0.6) is 0 Å². The molecular formula is C22H28N2O5S. The van der Waals surface area contributed by atoms with Gasteiger partial charge < -0.3 is 10.1 Å². The number of ether oxygens (including phenoxy) is 1. The van der Waals surface area contributed by atoms with E-state index in [1.165, 1.54) is 11.4 Å². The number of aryl methyl sites for hydroxylation is 2. The molecule has 0 aliphatic carbocycles. The molecule has 0 fully saturated rings. The second-order valence-corrected chi connectivity index (χ2v) is 9.21. The van der Waals surface area contributed by atoms with E-state index in [1.807, 2.05) is 32.0 Å². The number of hydrogen-bond donors (Lipinski definition) is 1. The van der Waals surface area contributed by atoms with Crippen LogP contribution in [0.25, 0.3) is 0 Å². The third kappa shape index (κ3) is 6.06. The summed E-state index contributed by atoms with van der Waals surface area (Å²) in [6.07, 6.45) is 1.65. The van der Waals surface area contributed by atoms with Gasteiger partial charge in [-0.3, -0.25) is 9.10 Å². The van der Waals surface area contributed by atoms with Gasteiger partial charge in [0, 0.05) is 18.7 Å². The van der Waals surface area contributed by atoms with Crippen molar-refractivity contribution in [2.24, 2.45) is 0 Å². The third-order valence-electron chi connectivity index (χ3n) is 4.67. The van der Waals surface area contributed by atoms with Gasteiger partial charge in [0.05, 0.1) is 24.6 Å². The molecule has 30 heavy (non-hydrogen) atoms. The molecule has 0 bridgehead atoms. The van der Waals surface area contributed by atoms with Crippen LogP contribution >= 0.6 is 0 Å². The number of rotatable bonds is 8. The summed E-state index contributed by atoms with van der Waals surface area (Å²) in [5.74, 6) is -0.727. The lowest BCUT2D eigenvalue weighted by molar-refractivity contribution is -0.116. The van der Waals surface area contributed by atoms with E-state index in [-0.39, 0.29) is 18.9 Å². The maximum absolute atomic E-state index is 12.4. The fraction of sp³-hybridized carbons (Fsp3) is 0.364. The number of sulfonamides is 1. The fourth-order valence-electron chi connectivity index (χ4n) is 3.28. The SMILES string of the molecule is COC(=O)c1cccc(NC(=O)CCCN(c2cc(C)cc(C)c2)S(C)(=O)=O)c1C. The predicted molar refractivity (Wildman–Crippen MR) is 118 cm³/mol. The average molecular weight is 433 g/mol. The molecule has 7 nitrogen and oxygen atoms in total. The standard InChI is InChI=1S/C22H28N2O5S/c1-15-12-16(2)14-18(13-15)24(30(5,27)28)11-7-10-21(25)23-20-9-6-8-19(17(20)3)22(26)29-4/h6,8-9,12-14H,7,10-11H2,1-5H3,(H,23,25). The van der Waals surface area contributed by atoms with Gasteiger partial charge in [-0.1, -0.05) is 12.1 Å². The minimum atomic E-state index is -3.48. The first kappa shape index (κ1) is 23.4. The highest BCUT2D eigenvalue weighted by Gasteiger charge is 2.19. The zero-order valence-corrected chi connectivity index (χ0v) is 18.8. The molecule has 0 unspecified atom stereocenters. The molecular weight excluding hydrogens is 404 g/mol. The quantitative estimate of drug-likeness (QED) is 0.644. The molecule has 2 aromatic carbocycles. The van der Waals surface area contributed by atoms with Crippen molar-refractivity contribution in [3.05, 3.63) is 58.7 Å². The summed E-state index contributed by atoms with van der Waals surface area (Å²) < 4.78 is 30.6. The molecule has 0 spiro atoms. The zero-order chi connectivity index (χ0) is 22.5. The molecule has 0 radical (unpaired) electrons. The zero-order valence-electron chi connectivity index (χ0n) is 18.0. The van der Waals surface area contributed by atoms with Gasteiger partial charge in [-0.2, -0.15) is 0 Å². The number of carbonyl (C=O) groups excluding carboxylic acids is 2. The van der Waals surface area contributed by atoms with Crippen LogP contribution in [0.4, 0.5) is 11.4 Å². The second kappa shape index (κ2) is 9.75. The van der Waals surface area contributed by atoms with Crippen molar-refractivity contribution in [2.45, 2.75) is 33.6 Å². The van der Waals surface area contributed by atoms with Crippen molar-refractivity contribution >= 4 is 33.3 Å². The molecule has 0 aliphatic heterocycles. The number of carbonyl (C=O) groups is 2. The average Bonchev–Trinajstić information content (AvgIpc) is 2.64. The van der Waals surface area contributed by atoms with Crippen LogP contribution in [0.15, 0.2) is 36.4 Å². The maximum atomic E-state index is 12.4. The molecule has 0 aromatic heterocycles. The molecule has 2 aromatic rings. The minimum Gasteiger partial charge on any atom is -0.465 e.